The van der Waals surface area contributed by atoms with Gasteiger partial charge in [0.1, 0.15) is 6.54 Å². The van der Waals surface area contributed by atoms with E-state index in [0.717, 1.165) is 38.7 Å². The highest BCUT2D eigenvalue weighted by Gasteiger charge is 2.27. The van der Waals surface area contributed by atoms with Crippen molar-refractivity contribution >= 4 is 67.5 Å². The Bertz CT molecular complexity index is 1250. The molecule has 0 saturated carbocycles. The number of nitrogens with zero attached hydrogens (tertiary/aromatic N) is 3. The molecule has 0 atom stereocenters. The number of hydrogen-bond acceptors (Lipinski definition) is 5. The number of anilines is 3. The van der Waals surface area contributed by atoms with Gasteiger partial charge in [0.15, 0.2) is 0 Å². The molecular formula is C26H27BrN4O2S. The van der Waals surface area contributed by atoms with Gasteiger partial charge in [0.2, 0.25) is 11.8 Å². The number of amides is 2. The van der Waals surface area contributed by atoms with Crippen LogP contribution in [0.5, 0.6) is 0 Å². The molecule has 2 heterocycles. The Balaban J connectivity index is 1.54. The first-order valence-corrected chi connectivity index (χ1v) is 12.9. The molecule has 6 nitrogen and oxygen atoms in total. The van der Waals surface area contributed by atoms with Crippen LogP contribution in [-0.4, -0.2) is 37.2 Å². The van der Waals surface area contributed by atoms with Crippen molar-refractivity contribution in [3.8, 4) is 0 Å². The summed E-state index contributed by atoms with van der Waals surface area (Å²) < 4.78 is 0.980. The van der Waals surface area contributed by atoms with Crippen molar-refractivity contribution in [1.82, 2.24) is 0 Å². The lowest BCUT2D eigenvalue weighted by Gasteiger charge is -2.23. The summed E-state index contributed by atoms with van der Waals surface area (Å²) in [6, 6.07) is 17.4. The number of carbonyl (C=O) groups is 2. The van der Waals surface area contributed by atoms with Crippen LogP contribution >= 0.6 is 27.3 Å². The van der Waals surface area contributed by atoms with E-state index in [0.29, 0.717) is 17.1 Å². The Morgan fingerprint density at radius 1 is 1.15 bits per heavy atom. The molecule has 34 heavy (non-hydrogen) atoms. The molecular weight excluding hydrogens is 512 g/mol. The summed E-state index contributed by atoms with van der Waals surface area (Å²) in [4.78, 5) is 35.8. The number of carbonyl (C=O) groups excluding carboxylic acids is 2. The molecule has 1 N–H and O–H groups in total. The zero-order chi connectivity index (χ0) is 24.2. The zero-order valence-corrected chi connectivity index (χ0v) is 21.9. The van der Waals surface area contributed by atoms with Gasteiger partial charge < -0.3 is 15.1 Å². The lowest BCUT2D eigenvalue weighted by atomic mass is 10.1. The quantitative estimate of drug-likeness (QED) is 0.391. The lowest BCUT2D eigenvalue weighted by molar-refractivity contribution is -0.120. The van der Waals surface area contributed by atoms with Crippen molar-refractivity contribution in [2.45, 2.75) is 27.2 Å². The topological polar surface area (TPSA) is 65.0 Å². The predicted molar refractivity (Wildman–Crippen MR) is 145 cm³/mol. The fourth-order valence-corrected chi connectivity index (χ4v) is 5.41. The smallest absolute Gasteiger partial charge is 0.244 e. The molecule has 1 aliphatic heterocycles. The maximum Gasteiger partial charge on any atom is 0.244 e. The number of para-hydroxylation sites is 2. The standard InChI is InChI=1S/C26H27BrN4O2S/c1-4-30(5-2)18-10-11-19(17(3)14-18)29-25(32)16-31-22-9-7-6-8-20(22)28-21(15-26(31)33)23-12-13-24(27)34-23/h6-14H,4-5,15-16H2,1-3H3,(H,29,32). The highest BCUT2D eigenvalue weighted by molar-refractivity contribution is 9.11. The monoisotopic (exact) mass is 538 g/mol. The average molecular weight is 539 g/mol. The number of nitrogens with one attached hydrogen (secondary N) is 1. The van der Waals surface area contributed by atoms with Crippen molar-refractivity contribution < 1.29 is 9.59 Å². The van der Waals surface area contributed by atoms with Crippen molar-refractivity contribution in [1.29, 1.82) is 0 Å². The highest BCUT2D eigenvalue weighted by atomic mass is 79.9. The number of halogens is 1. The van der Waals surface area contributed by atoms with Crippen LogP contribution in [0, 0.1) is 6.92 Å². The molecule has 4 rings (SSSR count). The number of fused-ring (bicyclic) bond motifs is 1. The van der Waals surface area contributed by atoms with E-state index in [-0.39, 0.29) is 24.8 Å². The van der Waals surface area contributed by atoms with Crippen molar-refractivity contribution in [2.75, 3.05) is 34.8 Å². The summed E-state index contributed by atoms with van der Waals surface area (Å²) in [7, 11) is 0. The minimum absolute atomic E-state index is 0.0793. The van der Waals surface area contributed by atoms with Crippen LogP contribution in [0.15, 0.2) is 63.4 Å². The van der Waals surface area contributed by atoms with Gasteiger partial charge in [-0.1, -0.05) is 12.1 Å². The normalized spacial score (nSPS) is 13.2. The van der Waals surface area contributed by atoms with E-state index in [1.807, 2.05) is 55.5 Å². The number of thiophene rings is 1. The number of rotatable bonds is 7. The Kier molecular flexibility index (Phi) is 7.48. The Labute approximate surface area is 212 Å². The number of benzene rings is 2. The highest BCUT2D eigenvalue weighted by Crippen LogP contribution is 2.34. The summed E-state index contributed by atoms with van der Waals surface area (Å²) in [5.74, 6) is -0.402. The van der Waals surface area contributed by atoms with E-state index in [2.05, 4.69) is 46.1 Å². The molecule has 0 spiro atoms. The summed E-state index contributed by atoms with van der Waals surface area (Å²) in [6.07, 6.45) is 0.131. The molecule has 0 fully saturated rings. The van der Waals surface area contributed by atoms with Gasteiger partial charge in [-0.15, -0.1) is 11.3 Å². The molecule has 0 saturated heterocycles. The first kappa shape index (κ1) is 24.2. The molecule has 0 radical (unpaired) electrons. The second kappa shape index (κ2) is 10.5. The largest absolute Gasteiger partial charge is 0.372 e. The van der Waals surface area contributed by atoms with E-state index >= 15 is 0 Å². The Morgan fingerprint density at radius 2 is 1.91 bits per heavy atom. The van der Waals surface area contributed by atoms with E-state index in [4.69, 9.17) is 4.99 Å². The first-order chi connectivity index (χ1) is 16.4. The SMILES string of the molecule is CCN(CC)c1ccc(NC(=O)CN2C(=O)CC(c3ccc(Br)s3)=Nc3ccccc32)c(C)c1. The summed E-state index contributed by atoms with van der Waals surface area (Å²) in [5.41, 5.74) is 4.88. The number of aliphatic imine (C=N–C) groups is 1. The second-order valence-electron chi connectivity index (χ2n) is 8.03. The van der Waals surface area contributed by atoms with Crippen LogP contribution < -0.4 is 15.1 Å². The third-order valence-corrected chi connectivity index (χ3v) is 7.49. The molecule has 1 aliphatic rings. The van der Waals surface area contributed by atoms with Crippen LogP contribution in [0.4, 0.5) is 22.7 Å². The van der Waals surface area contributed by atoms with Gasteiger partial charge in [0.25, 0.3) is 0 Å². The maximum absolute atomic E-state index is 13.3. The van der Waals surface area contributed by atoms with Crippen LogP contribution in [-0.2, 0) is 9.59 Å². The molecule has 0 bridgehead atoms. The molecule has 0 aliphatic carbocycles. The number of aryl methyl sites for hydroxylation is 1. The van der Waals surface area contributed by atoms with Gasteiger partial charge in [0, 0.05) is 24.5 Å². The summed E-state index contributed by atoms with van der Waals surface area (Å²) in [5, 5.41) is 2.98. The fraction of sp³-hybridized carbons (Fsp3) is 0.269. The average Bonchev–Trinajstić information content (AvgIpc) is 3.20. The van der Waals surface area contributed by atoms with Crippen LogP contribution in [0.25, 0.3) is 0 Å². The summed E-state index contributed by atoms with van der Waals surface area (Å²) >= 11 is 5.02. The Morgan fingerprint density at radius 3 is 2.59 bits per heavy atom. The Hall–Kier alpha value is -2.97. The molecule has 1 aromatic heterocycles. The van der Waals surface area contributed by atoms with E-state index < -0.39 is 0 Å². The molecule has 2 amide bonds. The van der Waals surface area contributed by atoms with Crippen molar-refractivity contribution in [3.05, 3.63) is 68.8 Å². The van der Waals surface area contributed by atoms with E-state index in [1.165, 1.54) is 16.2 Å². The van der Waals surface area contributed by atoms with Gasteiger partial charge >= 0.3 is 0 Å². The predicted octanol–water partition coefficient (Wildman–Crippen LogP) is 6.16. The lowest BCUT2D eigenvalue weighted by Crippen LogP contribution is -2.38. The van der Waals surface area contributed by atoms with Gasteiger partial charge in [-0.2, -0.15) is 0 Å². The van der Waals surface area contributed by atoms with Crippen LogP contribution in [0.2, 0.25) is 0 Å². The zero-order valence-electron chi connectivity index (χ0n) is 19.5. The van der Waals surface area contributed by atoms with Gasteiger partial charge in [0.05, 0.1) is 32.2 Å². The van der Waals surface area contributed by atoms with Gasteiger partial charge in [-0.05, 0) is 84.7 Å². The van der Waals surface area contributed by atoms with Crippen LogP contribution in [0.1, 0.15) is 30.7 Å². The summed E-state index contributed by atoms with van der Waals surface area (Å²) in [6.45, 7) is 7.99. The molecule has 0 unspecified atom stereocenters. The van der Waals surface area contributed by atoms with E-state index in [1.54, 1.807) is 0 Å². The molecule has 2 aromatic carbocycles. The third-order valence-electron chi connectivity index (χ3n) is 5.82. The van der Waals surface area contributed by atoms with Crippen molar-refractivity contribution in [2.24, 2.45) is 4.99 Å². The van der Waals surface area contributed by atoms with Gasteiger partial charge in [-0.25, -0.2) is 4.99 Å². The first-order valence-electron chi connectivity index (χ1n) is 11.3. The maximum atomic E-state index is 13.3. The molecule has 8 heteroatoms. The molecule has 3 aromatic rings. The fourth-order valence-electron chi connectivity index (χ4n) is 4.04. The number of hydrogen-bond donors (Lipinski definition) is 1. The van der Waals surface area contributed by atoms with Crippen LogP contribution in [0.3, 0.4) is 0 Å². The minimum atomic E-state index is -0.246. The second-order valence-corrected chi connectivity index (χ2v) is 10.5. The third kappa shape index (κ3) is 5.23. The van der Waals surface area contributed by atoms with E-state index in [9.17, 15) is 9.59 Å². The van der Waals surface area contributed by atoms with Gasteiger partial charge in [-0.3, -0.25) is 9.59 Å². The minimum Gasteiger partial charge on any atom is -0.372 e. The van der Waals surface area contributed by atoms with Crippen molar-refractivity contribution in [3.63, 3.8) is 0 Å². The molecule has 176 valence electrons.